The van der Waals surface area contributed by atoms with Crippen LogP contribution in [0.25, 0.3) is 0 Å². The number of carbonyl (C=O) groups excluding carboxylic acids is 1. The zero-order valence-electron chi connectivity index (χ0n) is 7.63. The number of nitrogens with zero attached hydrogens (tertiary/aromatic N) is 1. The number of amides is 1. The van der Waals surface area contributed by atoms with Gasteiger partial charge in [-0.2, -0.15) is 18.3 Å². The molecule has 0 aliphatic rings. The summed E-state index contributed by atoms with van der Waals surface area (Å²) in [5.41, 5.74) is -0.396. The fourth-order valence-electron chi connectivity index (χ4n) is 0.901. The van der Waals surface area contributed by atoms with Crippen LogP contribution >= 0.6 is 0 Å². The molecular weight excluding hydrogens is 231 g/mol. The molecule has 16 heavy (non-hydrogen) atoms. The van der Waals surface area contributed by atoms with Crippen molar-refractivity contribution in [3.8, 4) is 0 Å². The van der Waals surface area contributed by atoms with Crippen LogP contribution in [-0.2, 0) is 11.3 Å². The van der Waals surface area contributed by atoms with Crippen molar-refractivity contribution in [2.24, 2.45) is 0 Å². The molecule has 0 aliphatic heterocycles. The van der Waals surface area contributed by atoms with Crippen molar-refractivity contribution >= 4 is 11.9 Å². The molecule has 0 aliphatic carbocycles. The topological polar surface area (TPSA) is 95.1 Å². The number of hydrogen-bond donors (Lipinski definition) is 3. The van der Waals surface area contributed by atoms with Gasteiger partial charge < -0.3 is 10.4 Å². The van der Waals surface area contributed by atoms with E-state index in [9.17, 15) is 22.8 Å². The second-order valence-corrected chi connectivity index (χ2v) is 2.75. The second-order valence-electron chi connectivity index (χ2n) is 2.75. The minimum absolute atomic E-state index is 0.106. The van der Waals surface area contributed by atoms with Crippen molar-refractivity contribution in [1.29, 1.82) is 0 Å². The highest BCUT2D eigenvalue weighted by Crippen LogP contribution is 2.14. The smallest absolute Gasteiger partial charge is 0.471 e. The van der Waals surface area contributed by atoms with Crippen LogP contribution in [0.2, 0.25) is 0 Å². The molecule has 0 spiro atoms. The lowest BCUT2D eigenvalue weighted by atomic mass is 10.2. The second kappa shape index (κ2) is 4.21. The molecule has 0 unspecified atom stereocenters. The number of carboxylic acid groups (broad SMARTS) is 1. The average Bonchev–Trinajstić information content (AvgIpc) is 2.60. The summed E-state index contributed by atoms with van der Waals surface area (Å²) in [4.78, 5) is 21.0. The summed E-state index contributed by atoms with van der Waals surface area (Å²) in [6.07, 6.45) is -4.05. The van der Waals surface area contributed by atoms with Crippen LogP contribution in [-0.4, -0.2) is 33.4 Å². The first-order chi connectivity index (χ1) is 7.32. The number of hydrogen-bond acceptors (Lipinski definition) is 3. The number of halogens is 3. The highest BCUT2D eigenvalue weighted by atomic mass is 19.4. The minimum Gasteiger partial charge on any atom is -0.478 e. The van der Waals surface area contributed by atoms with Crippen molar-refractivity contribution in [2.75, 3.05) is 0 Å². The van der Waals surface area contributed by atoms with Gasteiger partial charge in [0, 0.05) is 0 Å². The number of rotatable bonds is 3. The number of aromatic amines is 1. The van der Waals surface area contributed by atoms with Gasteiger partial charge in [0.15, 0.2) is 0 Å². The van der Waals surface area contributed by atoms with E-state index in [4.69, 9.17) is 5.11 Å². The molecule has 0 fully saturated rings. The fourth-order valence-corrected chi connectivity index (χ4v) is 0.901. The summed E-state index contributed by atoms with van der Waals surface area (Å²) < 4.78 is 35.3. The maximum absolute atomic E-state index is 11.8. The molecule has 1 amide bonds. The molecule has 0 aromatic carbocycles. The van der Waals surface area contributed by atoms with Gasteiger partial charge in [-0.25, -0.2) is 4.79 Å². The van der Waals surface area contributed by atoms with E-state index in [1.165, 1.54) is 5.32 Å². The Morgan fingerprint density at radius 1 is 1.50 bits per heavy atom. The maximum atomic E-state index is 11.8. The number of carbonyl (C=O) groups is 2. The Morgan fingerprint density at radius 3 is 2.62 bits per heavy atom. The zero-order chi connectivity index (χ0) is 12.3. The molecule has 1 heterocycles. The molecule has 0 radical (unpaired) electrons. The van der Waals surface area contributed by atoms with Crippen LogP contribution < -0.4 is 5.32 Å². The molecule has 0 bridgehead atoms. The Kier molecular flexibility index (Phi) is 3.16. The molecule has 1 aromatic heterocycles. The third kappa shape index (κ3) is 2.72. The summed E-state index contributed by atoms with van der Waals surface area (Å²) in [6, 6.07) is 0. The van der Waals surface area contributed by atoms with Gasteiger partial charge in [0.05, 0.1) is 18.4 Å². The quantitative estimate of drug-likeness (QED) is 0.703. The van der Waals surface area contributed by atoms with E-state index in [-0.39, 0.29) is 11.3 Å². The van der Waals surface area contributed by atoms with Gasteiger partial charge in [-0.15, -0.1) is 0 Å². The van der Waals surface area contributed by atoms with E-state index < -0.39 is 24.6 Å². The third-order valence-corrected chi connectivity index (χ3v) is 1.63. The number of aromatic nitrogens is 2. The monoisotopic (exact) mass is 237 g/mol. The predicted octanol–water partition coefficient (Wildman–Crippen LogP) is 0.286. The molecule has 0 saturated carbocycles. The Hall–Kier alpha value is -2.06. The highest BCUT2D eigenvalue weighted by molar-refractivity contribution is 5.88. The Balaban J connectivity index is 2.65. The molecular formula is C7H6F3N3O3. The first-order valence-corrected chi connectivity index (χ1v) is 3.93. The Bertz CT molecular complexity index is 412. The zero-order valence-corrected chi connectivity index (χ0v) is 7.63. The fraction of sp³-hybridized carbons (Fsp3) is 0.286. The summed E-state index contributed by atoms with van der Waals surface area (Å²) in [5, 5.41) is 15.6. The van der Waals surface area contributed by atoms with Gasteiger partial charge in [-0.05, 0) is 0 Å². The molecule has 1 rings (SSSR count). The molecule has 88 valence electrons. The van der Waals surface area contributed by atoms with Gasteiger partial charge >= 0.3 is 18.1 Å². The van der Waals surface area contributed by atoms with E-state index in [1.54, 1.807) is 0 Å². The summed E-state index contributed by atoms with van der Waals surface area (Å²) in [5.74, 6) is -3.48. The number of H-pyrrole nitrogens is 1. The van der Waals surface area contributed by atoms with Crippen molar-refractivity contribution in [2.45, 2.75) is 12.7 Å². The number of nitrogens with one attached hydrogen (secondary N) is 2. The van der Waals surface area contributed by atoms with Gasteiger partial charge in [-0.1, -0.05) is 0 Å². The van der Waals surface area contributed by atoms with Crippen LogP contribution in [0.1, 0.15) is 16.1 Å². The van der Waals surface area contributed by atoms with E-state index in [2.05, 4.69) is 10.2 Å². The van der Waals surface area contributed by atoms with E-state index in [1.807, 2.05) is 0 Å². The van der Waals surface area contributed by atoms with Crippen LogP contribution in [0, 0.1) is 0 Å². The van der Waals surface area contributed by atoms with E-state index >= 15 is 0 Å². The summed E-state index contributed by atoms with van der Waals surface area (Å²) >= 11 is 0. The van der Waals surface area contributed by atoms with Crippen LogP contribution in [0.3, 0.4) is 0 Å². The molecule has 1 aromatic rings. The molecule has 0 saturated heterocycles. The van der Waals surface area contributed by atoms with Gasteiger partial charge in [0.2, 0.25) is 0 Å². The standard InChI is InChI=1S/C7H6F3N3O3/c8-7(9,10)6(16)11-2-4-3(5(14)15)1-12-13-4/h1H,2H2,(H,11,16)(H,12,13)(H,14,15). The largest absolute Gasteiger partial charge is 0.478 e. The van der Waals surface area contributed by atoms with Gasteiger partial charge in [0.25, 0.3) is 0 Å². The minimum atomic E-state index is -5.00. The SMILES string of the molecule is O=C(O)c1cn[nH]c1CNC(=O)C(F)(F)F. The summed E-state index contributed by atoms with van der Waals surface area (Å²) in [6.45, 7) is -0.583. The predicted molar refractivity (Wildman–Crippen MR) is 43.4 cm³/mol. The molecule has 0 atom stereocenters. The van der Waals surface area contributed by atoms with Crippen molar-refractivity contribution < 1.29 is 27.9 Å². The summed E-state index contributed by atoms with van der Waals surface area (Å²) in [7, 11) is 0. The number of carboxylic acids is 1. The Labute approximate surface area is 86.5 Å². The first kappa shape index (κ1) is 12.0. The molecule has 9 heteroatoms. The molecule has 6 nitrogen and oxygen atoms in total. The van der Waals surface area contributed by atoms with Crippen LogP contribution in [0.15, 0.2) is 6.20 Å². The number of alkyl halides is 3. The molecule has 3 N–H and O–H groups in total. The average molecular weight is 237 g/mol. The van der Waals surface area contributed by atoms with Crippen molar-refractivity contribution in [3.63, 3.8) is 0 Å². The normalized spacial score (nSPS) is 11.2. The Morgan fingerprint density at radius 2 is 2.12 bits per heavy atom. The van der Waals surface area contributed by atoms with Crippen LogP contribution in [0.5, 0.6) is 0 Å². The van der Waals surface area contributed by atoms with Crippen molar-refractivity contribution in [3.05, 3.63) is 17.5 Å². The van der Waals surface area contributed by atoms with Gasteiger partial charge in [-0.3, -0.25) is 9.89 Å². The first-order valence-electron chi connectivity index (χ1n) is 3.93. The van der Waals surface area contributed by atoms with Crippen molar-refractivity contribution in [1.82, 2.24) is 15.5 Å². The lowest BCUT2D eigenvalue weighted by Gasteiger charge is -2.06. The van der Waals surface area contributed by atoms with Crippen LogP contribution in [0.4, 0.5) is 13.2 Å². The van der Waals surface area contributed by atoms with E-state index in [0.717, 1.165) is 6.20 Å². The van der Waals surface area contributed by atoms with Gasteiger partial charge in [0.1, 0.15) is 5.56 Å². The lowest BCUT2D eigenvalue weighted by molar-refractivity contribution is -0.173. The maximum Gasteiger partial charge on any atom is 0.471 e. The number of aromatic carboxylic acids is 1. The lowest BCUT2D eigenvalue weighted by Crippen LogP contribution is -2.36. The third-order valence-electron chi connectivity index (χ3n) is 1.63. The highest BCUT2D eigenvalue weighted by Gasteiger charge is 2.38. The van der Waals surface area contributed by atoms with E-state index in [0.29, 0.717) is 0 Å².